The van der Waals surface area contributed by atoms with E-state index in [4.69, 9.17) is 10.9 Å². The molecule has 2 aromatic carbocycles. The molecule has 13 nitrogen and oxygen atoms in total. The summed E-state index contributed by atoms with van der Waals surface area (Å²) in [6.07, 6.45) is 0. The molecule has 0 atom stereocenters. The molecule has 0 amide bonds. The van der Waals surface area contributed by atoms with Crippen LogP contribution in [0.15, 0.2) is 55.3 Å². The van der Waals surface area contributed by atoms with Crippen molar-refractivity contribution in [3.8, 4) is 11.1 Å². The van der Waals surface area contributed by atoms with Crippen LogP contribution in [0.3, 0.4) is 0 Å². The molecule has 0 spiro atoms. The van der Waals surface area contributed by atoms with Gasteiger partial charge in [0.2, 0.25) is 20.0 Å². The Morgan fingerprint density at radius 3 is 2.55 bits per heavy atom. The number of nitrogens with two attached hydrogens (primary N) is 2. The third-order valence-corrected chi connectivity index (χ3v) is 7.07. The molecule has 2 heterocycles. The summed E-state index contributed by atoms with van der Waals surface area (Å²) in [5.74, 6) is -0.0598. The highest BCUT2D eigenvalue weighted by Crippen LogP contribution is 2.36. The number of fused-ring (bicyclic) bond motifs is 1. The van der Waals surface area contributed by atoms with E-state index in [-0.39, 0.29) is 31.2 Å². The van der Waals surface area contributed by atoms with Gasteiger partial charge in [0.1, 0.15) is 20.8 Å². The van der Waals surface area contributed by atoms with Gasteiger partial charge < -0.3 is 5.73 Å². The zero-order chi connectivity index (χ0) is 22.2. The van der Waals surface area contributed by atoms with Gasteiger partial charge in [0.05, 0.1) is 5.56 Å². The van der Waals surface area contributed by atoms with Crippen molar-refractivity contribution in [2.75, 3.05) is 19.8 Å². The van der Waals surface area contributed by atoms with Crippen LogP contribution >= 0.6 is 0 Å². The number of amidine groups is 1. The predicted molar refractivity (Wildman–Crippen MR) is 111 cm³/mol. The zero-order valence-corrected chi connectivity index (χ0v) is 17.5. The average Bonchev–Trinajstić information content (AvgIpc) is 3.42. The Morgan fingerprint density at radius 1 is 1.06 bits per heavy atom. The van der Waals surface area contributed by atoms with Crippen LogP contribution in [0, 0.1) is 0 Å². The molecule has 0 bridgehead atoms. The van der Waals surface area contributed by atoms with Gasteiger partial charge in [-0.25, -0.2) is 31.7 Å². The van der Waals surface area contributed by atoms with E-state index in [1.54, 1.807) is 18.2 Å². The molecule has 1 aliphatic rings. The Hall–Kier alpha value is -3.11. The summed E-state index contributed by atoms with van der Waals surface area (Å²) in [5.41, 5.74) is 7.04. The maximum absolute atomic E-state index is 12.8. The lowest BCUT2D eigenvalue weighted by Gasteiger charge is -2.17. The zero-order valence-electron chi connectivity index (χ0n) is 15.8. The molecule has 0 unspecified atom stereocenters. The second-order valence-electron chi connectivity index (χ2n) is 6.41. The number of hydrogen-bond donors (Lipinski definition) is 4. The first-order valence-electron chi connectivity index (χ1n) is 8.86. The molecular formula is C16H17N9O4S2. The highest BCUT2D eigenvalue weighted by atomic mass is 32.2. The molecule has 3 aromatic rings. The molecule has 15 heteroatoms. The molecule has 0 fully saturated rings. The predicted octanol–water partition coefficient (Wildman–Crippen LogP) is -0.321. The average molecular weight is 464 g/mol. The molecule has 31 heavy (non-hydrogen) atoms. The van der Waals surface area contributed by atoms with Crippen molar-refractivity contribution in [1.82, 2.24) is 20.1 Å². The van der Waals surface area contributed by atoms with Gasteiger partial charge in [0.15, 0.2) is 12.5 Å². The Labute approximate surface area is 176 Å². The van der Waals surface area contributed by atoms with Crippen molar-refractivity contribution in [3.63, 3.8) is 0 Å². The Bertz CT molecular complexity index is 1440. The minimum atomic E-state index is -4.56. The van der Waals surface area contributed by atoms with Gasteiger partial charge in [0, 0.05) is 18.7 Å². The highest BCUT2D eigenvalue weighted by molar-refractivity contribution is 7.92. The number of rotatable bonds is 7. The van der Waals surface area contributed by atoms with Crippen LogP contribution in [0.25, 0.3) is 22.2 Å². The second-order valence-corrected chi connectivity index (χ2v) is 9.64. The van der Waals surface area contributed by atoms with Crippen LogP contribution in [0.5, 0.6) is 0 Å². The van der Waals surface area contributed by atoms with E-state index in [2.05, 4.69) is 35.4 Å². The number of hydrogen-bond acceptors (Lipinski definition) is 10. The quantitative estimate of drug-likeness (QED) is 0.366. The maximum Gasteiger partial charge on any atom is 0.241 e. The van der Waals surface area contributed by atoms with Gasteiger partial charge in [-0.2, -0.15) is 20.5 Å². The van der Waals surface area contributed by atoms with Gasteiger partial charge in [-0.05, 0) is 17.7 Å². The molecule has 0 radical (unpaired) electrons. The summed E-state index contributed by atoms with van der Waals surface area (Å²) in [6.45, 7) is -0.109. The number of aliphatic imine (C=N–C) groups is 1. The van der Waals surface area contributed by atoms with Crippen molar-refractivity contribution in [2.24, 2.45) is 26.1 Å². The lowest BCUT2D eigenvalue weighted by atomic mass is 9.97. The third-order valence-electron chi connectivity index (χ3n) is 4.44. The fraction of sp³-hybridized carbons (Fsp3) is 0.188. The van der Waals surface area contributed by atoms with Crippen LogP contribution in [-0.4, -0.2) is 57.8 Å². The van der Waals surface area contributed by atoms with Crippen molar-refractivity contribution >= 4 is 36.9 Å². The number of sulfonamides is 2. The van der Waals surface area contributed by atoms with Crippen LogP contribution < -0.4 is 15.6 Å². The lowest BCUT2D eigenvalue weighted by Crippen LogP contribution is -2.31. The molecule has 1 aliphatic heterocycles. The standard InChI is InChI=1S/C16H17N9O4S2/c17-6-7-21-31(28,29)12-5-4-9(10-2-1-3-11-14(10)23-25-22-11)13(15(12)30(18,26)27)16-19-8-20-24-16/h1-5,21H,6-8,17H2,(H2,18,26,27)(H,22,23,25). The molecule has 0 saturated carbocycles. The first kappa shape index (κ1) is 21.1. The Balaban J connectivity index is 2.11. The SMILES string of the molecule is NCCNS(=O)(=O)c1ccc(-c2cccc3n[nH]nc23)c(C2=NCN=N2)c1S(N)(=O)=O. The van der Waals surface area contributed by atoms with Crippen molar-refractivity contribution in [1.29, 1.82) is 0 Å². The van der Waals surface area contributed by atoms with Crippen LogP contribution in [0.2, 0.25) is 0 Å². The highest BCUT2D eigenvalue weighted by Gasteiger charge is 2.32. The van der Waals surface area contributed by atoms with Crippen LogP contribution in [0.4, 0.5) is 0 Å². The normalized spacial score (nSPS) is 14.3. The molecule has 0 saturated heterocycles. The van der Waals surface area contributed by atoms with E-state index >= 15 is 0 Å². The topological polar surface area (TPSA) is 211 Å². The fourth-order valence-electron chi connectivity index (χ4n) is 3.22. The first-order chi connectivity index (χ1) is 14.7. The second kappa shape index (κ2) is 7.86. The lowest BCUT2D eigenvalue weighted by molar-refractivity contribution is 0.573. The van der Waals surface area contributed by atoms with Crippen LogP contribution in [-0.2, 0) is 20.0 Å². The summed E-state index contributed by atoms with van der Waals surface area (Å²) < 4.78 is 53.2. The van der Waals surface area contributed by atoms with Gasteiger partial charge in [-0.15, -0.1) is 5.11 Å². The van der Waals surface area contributed by atoms with Gasteiger partial charge in [-0.3, -0.25) is 0 Å². The summed E-state index contributed by atoms with van der Waals surface area (Å²) in [7, 11) is -8.83. The first-order valence-corrected chi connectivity index (χ1v) is 11.9. The summed E-state index contributed by atoms with van der Waals surface area (Å²) >= 11 is 0. The van der Waals surface area contributed by atoms with Crippen molar-refractivity contribution in [3.05, 3.63) is 35.9 Å². The number of aromatic nitrogens is 3. The number of aromatic amines is 1. The number of primary sulfonamides is 1. The van der Waals surface area contributed by atoms with Gasteiger partial charge in [0.25, 0.3) is 0 Å². The molecule has 6 N–H and O–H groups in total. The van der Waals surface area contributed by atoms with Gasteiger partial charge >= 0.3 is 0 Å². The fourth-order valence-corrected chi connectivity index (χ4v) is 5.87. The third kappa shape index (κ3) is 3.84. The van der Waals surface area contributed by atoms with Gasteiger partial charge in [-0.1, -0.05) is 18.2 Å². The van der Waals surface area contributed by atoms with E-state index in [0.29, 0.717) is 22.2 Å². The number of azo groups is 1. The monoisotopic (exact) mass is 463 g/mol. The Morgan fingerprint density at radius 2 is 1.87 bits per heavy atom. The van der Waals surface area contributed by atoms with E-state index < -0.39 is 29.8 Å². The van der Waals surface area contributed by atoms with Crippen LogP contribution in [0.1, 0.15) is 5.56 Å². The molecule has 162 valence electrons. The maximum atomic E-state index is 12.8. The Kier molecular flexibility index (Phi) is 5.36. The summed E-state index contributed by atoms with van der Waals surface area (Å²) in [5, 5.41) is 23.8. The van der Waals surface area contributed by atoms with E-state index in [0.717, 1.165) is 6.07 Å². The van der Waals surface area contributed by atoms with Crippen molar-refractivity contribution in [2.45, 2.75) is 9.79 Å². The molecule has 0 aliphatic carbocycles. The number of para-hydroxylation sites is 1. The molecule has 4 rings (SSSR count). The number of nitrogens with zero attached hydrogens (tertiary/aromatic N) is 5. The minimum absolute atomic E-state index is 0.0178. The minimum Gasteiger partial charge on any atom is -0.329 e. The largest absolute Gasteiger partial charge is 0.329 e. The summed E-state index contributed by atoms with van der Waals surface area (Å²) in [4.78, 5) is 2.92. The number of benzene rings is 2. The summed E-state index contributed by atoms with van der Waals surface area (Å²) in [6, 6.07) is 7.70. The van der Waals surface area contributed by atoms with E-state index in [1.807, 2.05) is 0 Å². The molecular weight excluding hydrogens is 446 g/mol. The molecule has 1 aromatic heterocycles. The van der Waals surface area contributed by atoms with Crippen molar-refractivity contribution < 1.29 is 16.8 Å². The smallest absolute Gasteiger partial charge is 0.241 e. The van der Waals surface area contributed by atoms with E-state index in [9.17, 15) is 16.8 Å². The number of nitrogens with one attached hydrogen (secondary N) is 2. The number of H-pyrrole nitrogens is 1. The van der Waals surface area contributed by atoms with E-state index in [1.165, 1.54) is 6.07 Å².